The zero-order valence-electron chi connectivity index (χ0n) is 15.9. The molecule has 5 nitrogen and oxygen atoms in total. The van der Waals surface area contributed by atoms with Crippen molar-refractivity contribution in [3.05, 3.63) is 49.8 Å². The number of aryl methyl sites for hydroxylation is 2. The van der Waals surface area contributed by atoms with Crippen LogP contribution in [0.5, 0.6) is 0 Å². The zero-order chi connectivity index (χ0) is 19.9. The molecule has 0 spiro atoms. The molecule has 0 aliphatic rings. The normalized spacial score (nSPS) is 11.8. The van der Waals surface area contributed by atoms with E-state index in [4.69, 9.17) is 4.74 Å². The van der Waals surface area contributed by atoms with Crippen molar-refractivity contribution in [1.29, 1.82) is 0 Å². The maximum absolute atomic E-state index is 13.4. The summed E-state index contributed by atoms with van der Waals surface area (Å²) < 4.78 is 7.43. The lowest BCUT2D eigenvalue weighted by Gasteiger charge is -2.24. The number of thiophene rings is 1. The van der Waals surface area contributed by atoms with Gasteiger partial charge in [0, 0.05) is 14.9 Å². The van der Waals surface area contributed by atoms with Crippen molar-refractivity contribution in [3.8, 4) is 11.1 Å². The maximum Gasteiger partial charge on any atom is 0.331 e. The van der Waals surface area contributed by atoms with E-state index in [1.165, 1.54) is 22.2 Å². The average Bonchev–Trinajstić information content (AvgIpc) is 2.94. The molecule has 0 aliphatic heterocycles. The molecule has 0 amide bonds. The molecule has 0 radical (unpaired) electrons. The minimum absolute atomic E-state index is 0.245. The first-order chi connectivity index (χ1) is 12.7. The molecule has 0 N–H and O–H groups in total. The molecule has 3 aromatic rings. The van der Waals surface area contributed by atoms with Crippen LogP contribution < -0.4 is 5.56 Å². The Balaban J connectivity index is 2.33. The largest absolute Gasteiger partial charge is 0.464 e. The molecule has 0 unspecified atom stereocenters. The van der Waals surface area contributed by atoms with E-state index in [0.717, 1.165) is 26.0 Å². The van der Waals surface area contributed by atoms with E-state index in [9.17, 15) is 9.59 Å². The highest BCUT2D eigenvalue weighted by Gasteiger charge is 2.33. The fraction of sp³-hybridized carbons (Fsp3) is 0.350. The number of nitrogens with zero attached hydrogens (tertiary/aromatic N) is 2. The number of fused-ring (bicyclic) bond motifs is 1. The second-order valence-electron chi connectivity index (χ2n) is 6.90. The van der Waals surface area contributed by atoms with Crippen LogP contribution in [0.25, 0.3) is 21.3 Å². The quantitative estimate of drug-likeness (QED) is 0.537. The summed E-state index contributed by atoms with van der Waals surface area (Å²) in [5, 5.41) is 0.531. The minimum Gasteiger partial charge on any atom is -0.464 e. The monoisotopic (exact) mass is 448 g/mol. The number of rotatable bonds is 4. The van der Waals surface area contributed by atoms with E-state index in [1.807, 2.05) is 32.0 Å². The van der Waals surface area contributed by atoms with E-state index in [1.54, 1.807) is 20.8 Å². The predicted molar refractivity (Wildman–Crippen MR) is 112 cm³/mol. The summed E-state index contributed by atoms with van der Waals surface area (Å²) in [6, 6.07) is 6.04. The molecule has 0 saturated heterocycles. The van der Waals surface area contributed by atoms with Gasteiger partial charge in [0.25, 0.3) is 5.56 Å². The van der Waals surface area contributed by atoms with Crippen molar-refractivity contribution >= 4 is 43.5 Å². The Morgan fingerprint density at radius 2 is 2.04 bits per heavy atom. The van der Waals surface area contributed by atoms with E-state index >= 15 is 0 Å². The summed E-state index contributed by atoms with van der Waals surface area (Å²) in [5.74, 6) is -0.460. The van der Waals surface area contributed by atoms with Gasteiger partial charge in [-0.25, -0.2) is 9.78 Å². The molecule has 0 fully saturated rings. The molecule has 3 rings (SSSR count). The Bertz CT molecular complexity index is 1100. The van der Waals surface area contributed by atoms with Gasteiger partial charge in [-0.3, -0.25) is 9.36 Å². The number of hydrogen-bond donors (Lipinski definition) is 0. The van der Waals surface area contributed by atoms with Gasteiger partial charge in [-0.05, 0) is 46.2 Å². The third-order valence-electron chi connectivity index (χ3n) is 4.56. The number of carbonyl (C=O) groups excluding carboxylic acids is 1. The average molecular weight is 449 g/mol. The molecule has 2 aromatic heterocycles. The first kappa shape index (κ1) is 19.8. The lowest BCUT2D eigenvalue weighted by molar-refractivity contribution is -0.152. The Labute approximate surface area is 170 Å². The van der Waals surface area contributed by atoms with Gasteiger partial charge in [0.05, 0.1) is 12.0 Å². The molecule has 0 saturated carbocycles. The summed E-state index contributed by atoms with van der Waals surface area (Å²) in [7, 11) is 0. The summed E-state index contributed by atoms with van der Waals surface area (Å²) >= 11 is 5.08. The van der Waals surface area contributed by atoms with Gasteiger partial charge >= 0.3 is 5.97 Å². The second-order valence-corrected chi connectivity index (χ2v) is 8.95. The van der Waals surface area contributed by atoms with Crippen molar-refractivity contribution in [1.82, 2.24) is 9.55 Å². The lowest BCUT2D eigenvalue weighted by Crippen LogP contribution is -2.43. The Hall–Kier alpha value is -1.99. The third kappa shape index (κ3) is 3.34. The van der Waals surface area contributed by atoms with Gasteiger partial charge in [-0.2, -0.15) is 0 Å². The van der Waals surface area contributed by atoms with Crippen LogP contribution in [0.15, 0.2) is 33.8 Å². The molecule has 2 heterocycles. The third-order valence-corrected chi connectivity index (χ3v) is 6.26. The first-order valence-corrected chi connectivity index (χ1v) is 10.2. The molecular weight excluding hydrogens is 428 g/mol. The first-order valence-electron chi connectivity index (χ1n) is 8.63. The number of ether oxygens (including phenoxy) is 1. The van der Waals surface area contributed by atoms with Crippen LogP contribution in [0.4, 0.5) is 0 Å². The topological polar surface area (TPSA) is 61.2 Å². The fourth-order valence-electron chi connectivity index (χ4n) is 3.06. The molecule has 0 aliphatic carbocycles. The predicted octanol–water partition coefficient (Wildman–Crippen LogP) is 4.80. The van der Waals surface area contributed by atoms with E-state index in [0.29, 0.717) is 10.2 Å². The van der Waals surface area contributed by atoms with E-state index < -0.39 is 11.5 Å². The van der Waals surface area contributed by atoms with Gasteiger partial charge in [-0.15, -0.1) is 11.3 Å². The van der Waals surface area contributed by atoms with Crippen molar-refractivity contribution in [2.45, 2.75) is 40.2 Å². The van der Waals surface area contributed by atoms with Gasteiger partial charge < -0.3 is 4.74 Å². The number of aromatic nitrogens is 2. The minimum atomic E-state index is -1.15. The van der Waals surface area contributed by atoms with Gasteiger partial charge in [0.15, 0.2) is 0 Å². The van der Waals surface area contributed by atoms with Crippen LogP contribution in [0, 0.1) is 13.8 Å². The summed E-state index contributed by atoms with van der Waals surface area (Å²) in [4.78, 5) is 31.9. The van der Waals surface area contributed by atoms with Crippen LogP contribution in [0.1, 0.15) is 31.2 Å². The highest BCUT2D eigenvalue weighted by molar-refractivity contribution is 9.10. The fourth-order valence-corrected chi connectivity index (χ4v) is 4.50. The van der Waals surface area contributed by atoms with Crippen molar-refractivity contribution in [2.75, 3.05) is 6.61 Å². The Morgan fingerprint density at radius 3 is 2.70 bits per heavy atom. The highest BCUT2D eigenvalue weighted by Crippen LogP contribution is 2.39. The van der Waals surface area contributed by atoms with Crippen LogP contribution in [0.3, 0.4) is 0 Å². The van der Waals surface area contributed by atoms with Gasteiger partial charge in [0.2, 0.25) is 0 Å². The van der Waals surface area contributed by atoms with Crippen molar-refractivity contribution < 1.29 is 9.53 Å². The number of carbonyl (C=O) groups is 1. The van der Waals surface area contributed by atoms with E-state index in [-0.39, 0.29) is 12.2 Å². The van der Waals surface area contributed by atoms with Crippen molar-refractivity contribution in [2.24, 2.45) is 0 Å². The standard InChI is InChI=1S/C20H21BrN2O3S/c1-6-26-19(25)20(4,5)23-10-22-17-16(18(23)24)15(12(3)27-17)13-9-11(2)7-8-14(13)21/h7-10H,6H2,1-5H3. The smallest absolute Gasteiger partial charge is 0.331 e. The van der Waals surface area contributed by atoms with Crippen molar-refractivity contribution in [3.63, 3.8) is 0 Å². The van der Waals surface area contributed by atoms with Crippen LogP contribution >= 0.6 is 27.3 Å². The van der Waals surface area contributed by atoms with Gasteiger partial charge in [-0.1, -0.05) is 33.6 Å². The van der Waals surface area contributed by atoms with Crippen LogP contribution in [0.2, 0.25) is 0 Å². The molecule has 7 heteroatoms. The number of halogens is 1. The Morgan fingerprint density at radius 1 is 1.33 bits per heavy atom. The van der Waals surface area contributed by atoms with E-state index in [2.05, 4.69) is 20.9 Å². The number of hydrogen-bond acceptors (Lipinski definition) is 5. The molecule has 1 aromatic carbocycles. The summed E-state index contributed by atoms with van der Waals surface area (Å²) in [5.41, 5.74) is 1.51. The second kappa shape index (κ2) is 7.20. The molecule has 0 atom stereocenters. The number of benzene rings is 1. The summed E-state index contributed by atoms with van der Waals surface area (Å²) in [6.45, 7) is 9.33. The van der Waals surface area contributed by atoms with Gasteiger partial charge in [0.1, 0.15) is 16.7 Å². The number of esters is 1. The lowest BCUT2D eigenvalue weighted by atomic mass is 10.0. The van der Waals surface area contributed by atoms with Crippen LogP contribution in [-0.4, -0.2) is 22.1 Å². The SMILES string of the molecule is CCOC(=O)C(C)(C)n1cnc2sc(C)c(-c3cc(C)ccc3Br)c2c1=O. The molecule has 0 bridgehead atoms. The molecule has 27 heavy (non-hydrogen) atoms. The van der Waals surface area contributed by atoms with Crippen LogP contribution in [-0.2, 0) is 15.1 Å². The molecular formula is C20H21BrN2O3S. The Kier molecular flexibility index (Phi) is 5.27. The highest BCUT2D eigenvalue weighted by atomic mass is 79.9. The summed E-state index contributed by atoms with van der Waals surface area (Å²) in [6.07, 6.45) is 1.44. The molecule has 142 valence electrons. The zero-order valence-corrected chi connectivity index (χ0v) is 18.3. The maximum atomic E-state index is 13.4.